The van der Waals surface area contributed by atoms with Gasteiger partial charge in [0.05, 0.1) is 26.5 Å². The monoisotopic (exact) mass is 248 g/mol. The average molecular weight is 248 g/mol. The number of ether oxygens (including phenoxy) is 2. The van der Waals surface area contributed by atoms with Gasteiger partial charge in [-0.05, 0) is 12.1 Å². The van der Waals surface area contributed by atoms with Crippen LogP contribution in [0.25, 0.3) is 11.4 Å². The molecule has 0 saturated carbocycles. The molecular weight excluding hydrogens is 232 g/mol. The number of nitrogens with zero attached hydrogens (tertiary/aromatic N) is 2. The molecule has 0 bridgehead atoms. The van der Waals surface area contributed by atoms with Gasteiger partial charge in [0.1, 0.15) is 17.3 Å². The molecule has 0 amide bonds. The summed E-state index contributed by atoms with van der Waals surface area (Å²) in [5.41, 5.74) is 1.52. The number of imidazole rings is 1. The first-order valence-electron chi connectivity index (χ1n) is 5.54. The molecule has 2 aromatic rings. The molecule has 18 heavy (non-hydrogen) atoms. The van der Waals surface area contributed by atoms with E-state index in [2.05, 4.69) is 4.98 Å². The summed E-state index contributed by atoms with van der Waals surface area (Å²) < 4.78 is 12.3. The number of aromatic nitrogens is 2. The Balaban J connectivity index is 2.51. The van der Waals surface area contributed by atoms with Crippen molar-refractivity contribution in [2.75, 3.05) is 14.2 Å². The molecule has 0 saturated heterocycles. The summed E-state index contributed by atoms with van der Waals surface area (Å²) in [5, 5.41) is 9.10. The molecule has 5 nitrogen and oxygen atoms in total. The zero-order chi connectivity index (χ0) is 13.1. The molecule has 1 N–H and O–H groups in total. The number of methoxy groups -OCH3 is 2. The van der Waals surface area contributed by atoms with Crippen LogP contribution in [0.3, 0.4) is 0 Å². The van der Waals surface area contributed by atoms with Crippen molar-refractivity contribution in [2.45, 2.75) is 6.61 Å². The Morgan fingerprint density at radius 1 is 1.17 bits per heavy atom. The molecule has 0 fully saturated rings. The van der Waals surface area contributed by atoms with E-state index in [0.29, 0.717) is 17.2 Å². The smallest absolute Gasteiger partial charge is 0.140 e. The first kappa shape index (κ1) is 12.4. The molecule has 0 aliphatic rings. The van der Waals surface area contributed by atoms with Crippen LogP contribution in [0.1, 0.15) is 5.69 Å². The third kappa shape index (κ3) is 2.31. The number of rotatable bonds is 4. The van der Waals surface area contributed by atoms with E-state index in [1.54, 1.807) is 26.5 Å². The van der Waals surface area contributed by atoms with Gasteiger partial charge in [-0.3, -0.25) is 0 Å². The largest absolute Gasteiger partial charge is 0.497 e. The maximum atomic E-state index is 9.10. The highest BCUT2D eigenvalue weighted by molar-refractivity contribution is 5.61. The van der Waals surface area contributed by atoms with Gasteiger partial charge >= 0.3 is 0 Å². The van der Waals surface area contributed by atoms with Gasteiger partial charge in [0, 0.05) is 24.9 Å². The van der Waals surface area contributed by atoms with E-state index in [1.807, 2.05) is 23.7 Å². The minimum Gasteiger partial charge on any atom is -0.497 e. The zero-order valence-electron chi connectivity index (χ0n) is 10.7. The molecule has 2 rings (SSSR count). The van der Waals surface area contributed by atoms with E-state index in [9.17, 15) is 0 Å². The van der Waals surface area contributed by atoms with Crippen molar-refractivity contribution < 1.29 is 14.6 Å². The molecular formula is C13H16N2O3. The summed E-state index contributed by atoms with van der Waals surface area (Å²) in [7, 11) is 5.10. The second-order valence-electron chi connectivity index (χ2n) is 3.93. The number of benzene rings is 1. The molecule has 0 aliphatic carbocycles. The molecule has 0 spiro atoms. The minimum atomic E-state index is -0.0745. The zero-order valence-corrected chi connectivity index (χ0v) is 10.7. The summed E-state index contributed by atoms with van der Waals surface area (Å²) in [6.07, 6.45) is 1.79. The molecule has 0 atom stereocenters. The van der Waals surface area contributed by atoms with Crippen LogP contribution in [-0.4, -0.2) is 28.9 Å². The van der Waals surface area contributed by atoms with Crippen LogP contribution in [-0.2, 0) is 13.7 Å². The van der Waals surface area contributed by atoms with Gasteiger partial charge in [0.2, 0.25) is 0 Å². The lowest BCUT2D eigenvalue weighted by molar-refractivity contribution is 0.277. The predicted molar refractivity (Wildman–Crippen MR) is 67.7 cm³/mol. The SMILES string of the molecule is COc1cc(OC)cc(-c2nc(CO)cn2C)c1. The van der Waals surface area contributed by atoms with E-state index in [0.717, 1.165) is 11.4 Å². The lowest BCUT2D eigenvalue weighted by Crippen LogP contribution is -1.94. The fraction of sp³-hybridized carbons (Fsp3) is 0.308. The Bertz CT molecular complexity index is 527. The summed E-state index contributed by atoms with van der Waals surface area (Å²) >= 11 is 0. The van der Waals surface area contributed by atoms with Gasteiger partial charge in [0.15, 0.2) is 0 Å². The second kappa shape index (κ2) is 5.10. The van der Waals surface area contributed by atoms with Crippen molar-refractivity contribution in [3.63, 3.8) is 0 Å². The fourth-order valence-electron chi connectivity index (χ4n) is 1.81. The van der Waals surface area contributed by atoms with E-state index in [1.165, 1.54) is 0 Å². The summed E-state index contributed by atoms with van der Waals surface area (Å²) in [6.45, 7) is -0.0745. The van der Waals surface area contributed by atoms with E-state index < -0.39 is 0 Å². The highest BCUT2D eigenvalue weighted by Gasteiger charge is 2.10. The van der Waals surface area contributed by atoms with Gasteiger partial charge in [-0.25, -0.2) is 4.98 Å². The Morgan fingerprint density at radius 2 is 1.78 bits per heavy atom. The molecule has 0 unspecified atom stereocenters. The maximum Gasteiger partial charge on any atom is 0.140 e. The van der Waals surface area contributed by atoms with Crippen molar-refractivity contribution in [1.82, 2.24) is 9.55 Å². The van der Waals surface area contributed by atoms with Crippen molar-refractivity contribution in [3.05, 3.63) is 30.1 Å². The first-order valence-corrected chi connectivity index (χ1v) is 5.54. The predicted octanol–water partition coefficient (Wildman–Crippen LogP) is 1.60. The van der Waals surface area contributed by atoms with Gasteiger partial charge < -0.3 is 19.1 Å². The standard InChI is InChI=1S/C13H16N2O3/c1-15-7-10(8-16)14-13(15)9-4-11(17-2)6-12(5-9)18-3/h4-7,16H,8H2,1-3H3. The van der Waals surface area contributed by atoms with Crippen molar-refractivity contribution in [2.24, 2.45) is 7.05 Å². The Kier molecular flexibility index (Phi) is 3.53. The van der Waals surface area contributed by atoms with E-state index in [4.69, 9.17) is 14.6 Å². The topological polar surface area (TPSA) is 56.5 Å². The number of aliphatic hydroxyl groups is 1. The van der Waals surface area contributed by atoms with Gasteiger partial charge in [-0.1, -0.05) is 0 Å². The third-order valence-corrected chi connectivity index (χ3v) is 2.70. The second-order valence-corrected chi connectivity index (χ2v) is 3.93. The van der Waals surface area contributed by atoms with Crippen molar-refractivity contribution in [3.8, 4) is 22.9 Å². The molecule has 0 radical (unpaired) electrons. The van der Waals surface area contributed by atoms with Crippen LogP contribution >= 0.6 is 0 Å². The molecule has 5 heteroatoms. The van der Waals surface area contributed by atoms with Crippen LogP contribution in [0.5, 0.6) is 11.5 Å². The lowest BCUT2D eigenvalue weighted by atomic mass is 10.2. The van der Waals surface area contributed by atoms with Gasteiger partial charge in [-0.2, -0.15) is 0 Å². The Morgan fingerprint density at radius 3 is 2.22 bits per heavy atom. The number of aliphatic hydroxyl groups excluding tert-OH is 1. The highest BCUT2D eigenvalue weighted by Crippen LogP contribution is 2.29. The molecule has 1 aromatic carbocycles. The summed E-state index contributed by atoms with van der Waals surface area (Å²) in [6, 6.07) is 5.57. The first-order chi connectivity index (χ1) is 8.67. The molecule has 0 aliphatic heterocycles. The van der Waals surface area contributed by atoms with Gasteiger partial charge in [-0.15, -0.1) is 0 Å². The third-order valence-electron chi connectivity index (χ3n) is 2.70. The fourth-order valence-corrected chi connectivity index (χ4v) is 1.81. The number of aryl methyl sites for hydroxylation is 1. The van der Waals surface area contributed by atoms with Crippen LogP contribution in [0, 0.1) is 0 Å². The minimum absolute atomic E-state index is 0.0745. The van der Waals surface area contributed by atoms with Crippen molar-refractivity contribution in [1.29, 1.82) is 0 Å². The average Bonchev–Trinajstić information content (AvgIpc) is 2.79. The van der Waals surface area contributed by atoms with E-state index >= 15 is 0 Å². The van der Waals surface area contributed by atoms with Crippen LogP contribution in [0.4, 0.5) is 0 Å². The van der Waals surface area contributed by atoms with Crippen molar-refractivity contribution >= 4 is 0 Å². The molecule has 1 heterocycles. The Labute approximate surface area is 106 Å². The number of hydrogen-bond acceptors (Lipinski definition) is 4. The molecule has 1 aromatic heterocycles. The lowest BCUT2D eigenvalue weighted by Gasteiger charge is -2.08. The highest BCUT2D eigenvalue weighted by atomic mass is 16.5. The summed E-state index contributed by atoms with van der Waals surface area (Å²) in [4.78, 5) is 4.35. The van der Waals surface area contributed by atoms with Gasteiger partial charge in [0.25, 0.3) is 0 Å². The quantitative estimate of drug-likeness (QED) is 0.892. The summed E-state index contributed by atoms with van der Waals surface area (Å²) in [5.74, 6) is 2.17. The molecule has 96 valence electrons. The Hall–Kier alpha value is -2.01. The van der Waals surface area contributed by atoms with Crippen LogP contribution < -0.4 is 9.47 Å². The van der Waals surface area contributed by atoms with Crippen LogP contribution in [0.2, 0.25) is 0 Å². The maximum absolute atomic E-state index is 9.10. The van der Waals surface area contributed by atoms with E-state index in [-0.39, 0.29) is 6.61 Å². The van der Waals surface area contributed by atoms with Crippen LogP contribution in [0.15, 0.2) is 24.4 Å². The number of hydrogen-bond donors (Lipinski definition) is 1. The normalized spacial score (nSPS) is 10.4.